The molecule has 0 rings (SSSR count). The molecule has 0 amide bonds. The van der Waals surface area contributed by atoms with Crippen LogP contribution in [0.2, 0.25) is 0 Å². The third kappa shape index (κ3) is 7.61. The summed E-state index contributed by atoms with van der Waals surface area (Å²) in [4.78, 5) is 0. The van der Waals surface area contributed by atoms with Crippen LogP contribution in [0, 0.1) is 5.41 Å². The minimum absolute atomic E-state index is 0.168. The van der Waals surface area contributed by atoms with E-state index < -0.39 is 12.6 Å². The summed E-state index contributed by atoms with van der Waals surface area (Å²) in [5.74, 6) is -0.168. The van der Waals surface area contributed by atoms with Gasteiger partial charge in [0.25, 0.3) is 0 Å². The van der Waals surface area contributed by atoms with E-state index in [1.54, 1.807) is 0 Å². The fraction of sp³-hybridized carbons (Fsp3) is 0.750. The van der Waals surface area contributed by atoms with Crippen molar-refractivity contribution in [1.29, 1.82) is 5.41 Å². The first-order valence-electron chi connectivity index (χ1n) is 2.45. The third-order valence-electron chi connectivity index (χ3n) is 0.643. The van der Waals surface area contributed by atoms with Gasteiger partial charge >= 0.3 is 6.18 Å². The molecular formula is C4H7F3N2S. The molecule has 0 heterocycles. The fourth-order valence-corrected chi connectivity index (χ4v) is 0.830. The molecule has 0 aliphatic rings. The first kappa shape index (κ1) is 9.61. The van der Waals surface area contributed by atoms with Crippen molar-refractivity contribution < 1.29 is 13.2 Å². The monoisotopic (exact) mass is 172 g/mol. The van der Waals surface area contributed by atoms with Crippen LogP contribution in [0.25, 0.3) is 0 Å². The van der Waals surface area contributed by atoms with Crippen molar-refractivity contribution in [3.63, 3.8) is 0 Å². The van der Waals surface area contributed by atoms with E-state index in [1.165, 1.54) is 0 Å². The van der Waals surface area contributed by atoms with Crippen molar-refractivity contribution in [1.82, 2.24) is 0 Å². The minimum atomic E-state index is -4.14. The topological polar surface area (TPSA) is 49.9 Å². The van der Waals surface area contributed by atoms with Crippen LogP contribution >= 0.6 is 11.8 Å². The largest absolute Gasteiger partial charge is 0.389 e. The summed E-state index contributed by atoms with van der Waals surface area (Å²) in [5, 5.41) is 6.30. The zero-order valence-electron chi connectivity index (χ0n) is 5.03. The SMILES string of the molecule is N=C(N)SCCC(F)(F)F. The molecule has 6 heteroatoms. The van der Waals surface area contributed by atoms with Gasteiger partial charge in [-0.15, -0.1) is 0 Å². The summed E-state index contributed by atoms with van der Waals surface area (Å²) in [5.41, 5.74) is 4.80. The maximum absolute atomic E-state index is 11.4. The molecule has 0 saturated carbocycles. The average molecular weight is 172 g/mol. The van der Waals surface area contributed by atoms with Crippen LogP contribution in [0.5, 0.6) is 0 Å². The molecule has 3 N–H and O–H groups in total. The van der Waals surface area contributed by atoms with Gasteiger partial charge in [-0.05, 0) is 0 Å². The maximum atomic E-state index is 11.4. The number of thioether (sulfide) groups is 1. The van der Waals surface area contributed by atoms with E-state index in [1.807, 2.05) is 0 Å². The molecule has 0 aromatic rings. The summed E-state index contributed by atoms with van der Waals surface area (Å²) >= 11 is 0.699. The van der Waals surface area contributed by atoms with Crippen LogP contribution in [0.3, 0.4) is 0 Å². The van der Waals surface area contributed by atoms with Crippen LogP contribution in [0.1, 0.15) is 6.42 Å². The zero-order chi connectivity index (χ0) is 8.20. The molecule has 0 saturated heterocycles. The van der Waals surface area contributed by atoms with Gasteiger partial charge in [0.05, 0.1) is 6.42 Å². The third-order valence-corrected chi connectivity index (χ3v) is 1.36. The van der Waals surface area contributed by atoms with E-state index in [4.69, 9.17) is 11.1 Å². The summed E-state index contributed by atoms with van der Waals surface area (Å²) in [6.07, 6.45) is -5.03. The van der Waals surface area contributed by atoms with Gasteiger partial charge in [-0.3, -0.25) is 5.41 Å². The highest BCUT2D eigenvalue weighted by atomic mass is 32.2. The van der Waals surface area contributed by atoms with E-state index in [9.17, 15) is 13.2 Å². The van der Waals surface area contributed by atoms with Gasteiger partial charge in [-0.25, -0.2) is 0 Å². The van der Waals surface area contributed by atoms with Crippen LogP contribution < -0.4 is 5.73 Å². The van der Waals surface area contributed by atoms with E-state index in [0.717, 1.165) is 0 Å². The molecular weight excluding hydrogens is 165 g/mol. The van der Waals surface area contributed by atoms with Crippen molar-refractivity contribution >= 4 is 16.9 Å². The van der Waals surface area contributed by atoms with Crippen LogP contribution in [-0.2, 0) is 0 Å². The van der Waals surface area contributed by atoms with E-state index in [0.29, 0.717) is 11.8 Å². The molecule has 0 radical (unpaired) electrons. The highest BCUT2D eigenvalue weighted by Crippen LogP contribution is 2.21. The molecule has 0 aliphatic carbocycles. The van der Waals surface area contributed by atoms with Crippen LogP contribution in [0.4, 0.5) is 13.2 Å². The summed E-state index contributed by atoms with van der Waals surface area (Å²) in [6.45, 7) is 0. The lowest BCUT2D eigenvalue weighted by Gasteiger charge is -2.03. The number of rotatable bonds is 2. The fourth-order valence-electron chi connectivity index (χ4n) is 0.277. The molecule has 0 aromatic carbocycles. The van der Waals surface area contributed by atoms with Gasteiger partial charge in [-0.1, -0.05) is 11.8 Å². The van der Waals surface area contributed by atoms with Crippen molar-refractivity contribution in [2.45, 2.75) is 12.6 Å². The first-order valence-corrected chi connectivity index (χ1v) is 3.44. The second-order valence-corrected chi connectivity index (χ2v) is 2.71. The van der Waals surface area contributed by atoms with Gasteiger partial charge in [0.1, 0.15) is 0 Å². The molecule has 0 aromatic heterocycles. The van der Waals surface area contributed by atoms with Gasteiger partial charge in [0.15, 0.2) is 5.17 Å². The molecule has 2 nitrogen and oxygen atoms in total. The maximum Gasteiger partial charge on any atom is 0.389 e. The van der Waals surface area contributed by atoms with Crippen LogP contribution in [0.15, 0.2) is 0 Å². The van der Waals surface area contributed by atoms with Gasteiger partial charge in [-0.2, -0.15) is 13.2 Å². The Morgan fingerprint density at radius 1 is 1.50 bits per heavy atom. The first-order chi connectivity index (χ1) is 4.42. The lowest BCUT2D eigenvalue weighted by Crippen LogP contribution is -2.11. The van der Waals surface area contributed by atoms with Gasteiger partial charge < -0.3 is 5.73 Å². The van der Waals surface area contributed by atoms with Crippen molar-refractivity contribution in [3.8, 4) is 0 Å². The van der Waals surface area contributed by atoms with Crippen LogP contribution in [-0.4, -0.2) is 17.1 Å². The van der Waals surface area contributed by atoms with E-state index in [2.05, 4.69) is 0 Å². The Morgan fingerprint density at radius 3 is 2.30 bits per heavy atom. The summed E-state index contributed by atoms with van der Waals surface area (Å²) in [6, 6.07) is 0. The lowest BCUT2D eigenvalue weighted by molar-refractivity contribution is -0.129. The number of alkyl halides is 3. The molecule has 0 spiro atoms. The molecule has 0 aliphatic heterocycles. The van der Waals surface area contributed by atoms with E-state index >= 15 is 0 Å². The molecule has 0 fully saturated rings. The lowest BCUT2D eigenvalue weighted by atomic mass is 10.5. The number of nitrogens with two attached hydrogens (primary N) is 1. The second-order valence-electron chi connectivity index (χ2n) is 1.58. The van der Waals surface area contributed by atoms with Crippen molar-refractivity contribution in [2.24, 2.45) is 5.73 Å². The quantitative estimate of drug-likeness (QED) is 0.490. The Balaban J connectivity index is 3.29. The number of hydrogen-bond donors (Lipinski definition) is 2. The Hall–Kier alpha value is -0.390. The Morgan fingerprint density at radius 2 is 2.00 bits per heavy atom. The van der Waals surface area contributed by atoms with E-state index in [-0.39, 0.29) is 10.9 Å². The molecule has 0 unspecified atom stereocenters. The minimum Gasteiger partial charge on any atom is -0.379 e. The molecule has 60 valence electrons. The molecule has 0 bridgehead atoms. The number of nitrogens with one attached hydrogen (secondary N) is 1. The van der Waals surface area contributed by atoms with Crippen molar-refractivity contribution in [3.05, 3.63) is 0 Å². The smallest absolute Gasteiger partial charge is 0.379 e. The second kappa shape index (κ2) is 3.70. The summed E-state index contributed by atoms with van der Waals surface area (Å²) < 4.78 is 34.1. The Bertz CT molecular complexity index is 122. The predicted octanol–water partition coefficient (Wildman–Crippen LogP) is 1.57. The number of amidine groups is 1. The Kier molecular flexibility index (Phi) is 3.55. The highest BCUT2D eigenvalue weighted by molar-refractivity contribution is 8.13. The summed E-state index contributed by atoms with van der Waals surface area (Å²) in [7, 11) is 0. The standard InChI is InChI=1S/C4H7F3N2S/c5-4(6,7)1-2-10-3(8)9/h1-2H2,(H3,8,9). The van der Waals surface area contributed by atoms with Gasteiger partial charge in [0.2, 0.25) is 0 Å². The molecule has 10 heavy (non-hydrogen) atoms. The van der Waals surface area contributed by atoms with Gasteiger partial charge in [0, 0.05) is 5.75 Å². The number of halogens is 3. The normalized spacial score (nSPS) is 11.5. The highest BCUT2D eigenvalue weighted by Gasteiger charge is 2.26. The molecule has 0 atom stereocenters. The zero-order valence-corrected chi connectivity index (χ0v) is 5.85. The predicted molar refractivity (Wildman–Crippen MR) is 35.0 cm³/mol. The Labute approximate surface area is 60.5 Å². The van der Waals surface area contributed by atoms with Crippen molar-refractivity contribution in [2.75, 3.05) is 5.75 Å². The average Bonchev–Trinajstić information content (AvgIpc) is 1.59. The number of hydrogen-bond acceptors (Lipinski definition) is 2.